The molecule has 2 amide bonds. The average Bonchev–Trinajstić information content (AvgIpc) is 3.28. The minimum atomic E-state index is -4.84. The molecule has 0 spiro atoms. The van der Waals surface area contributed by atoms with E-state index in [0.717, 1.165) is 16.8 Å². The predicted octanol–water partition coefficient (Wildman–Crippen LogP) is 3.44. The highest BCUT2D eigenvalue weighted by Crippen LogP contribution is 2.23. The Morgan fingerprint density at radius 2 is 1.90 bits per heavy atom. The number of hydrogen-bond donors (Lipinski definition) is 2. The quantitative estimate of drug-likeness (QED) is 0.354. The molecule has 40 heavy (non-hydrogen) atoms. The molecule has 0 aliphatic rings. The Labute approximate surface area is 225 Å². The van der Waals surface area contributed by atoms with Crippen LogP contribution in [0.1, 0.15) is 43.2 Å². The predicted molar refractivity (Wildman–Crippen MR) is 132 cm³/mol. The van der Waals surface area contributed by atoms with Crippen LogP contribution in [0.5, 0.6) is 5.75 Å². The van der Waals surface area contributed by atoms with Gasteiger partial charge in [0.15, 0.2) is 5.69 Å². The maximum atomic E-state index is 14.6. The van der Waals surface area contributed by atoms with E-state index in [-0.39, 0.29) is 37.6 Å². The van der Waals surface area contributed by atoms with Crippen LogP contribution in [0.3, 0.4) is 0 Å². The van der Waals surface area contributed by atoms with Crippen LogP contribution in [0.4, 0.5) is 28.2 Å². The number of halogens is 4. The minimum absolute atomic E-state index is 0.0111. The molecule has 0 aliphatic heterocycles. The largest absolute Gasteiger partial charge is 0.573 e. The highest BCUT2D eigenvalue weighted by atomic mass is 19.4. The summed E-state index contributed by atoms with van der Waals surface area (Å²) in [6, 6.07) is 6.48. The number of anilines is 1. The van der Waals surface area contributed by atoms with Crippen LogP contribution in [-0.2, 0) is 24.4 Å². The van der Waals surface area contributed by atoms with Crippen molar-refractivity contribution < 1.29 is 36.6 Å². The van der Waals surface area contributed by atoms with E-state index in [9.17, 15) is 31.9 Å². The van der Waals surface area contributed by atoms with E-state index >= 15 is 0 Å². The summed E-state index contributed by atoms with van der Waals surface area (Å²) in [5.41, 5.74) is -1.20. The fraction of sp³-hybridized carbons (Fsp3) is 0.417. The highest BCUT2D eigenvalue weighted by Gasteiger charge is 2.31. The molecule has 0 aliphatic carbocycles. The summed E-state index contributed by atoms with van der Waals surface area (Å²) in [4.78, 5) is 40.1. The Morgan fingerprint density at radius 1 is 1.15 bits per heavy atom. The normalized spacial score (nSPS) is 12.5. The fourth-order valence-electron chi connectivity index (χ4n) is 3.27. The van der Waals surface area contributed by atoms with Gasteiger partial charge in [0.2, 0.25) is 0 Å². The molecule has 216 valence electrons. The Bertz CT molecular complexity index is 1380. The molecule has 2 N–H and O–H groups in total. The fourth-order valence-corrected chi connectivity index (χ4v) is 3.27. The Hall–Kier alpha value is -4.50. The lowest BCUT2D eigenvalue weighted by atomic mass is 10.2. The molecule has 2 heterocycles. The Kier molecular flexibility index (Phi) is 9.44. The van der Waals surface area contributed by atoms with Gasteiger partial charge in [-0.1, -0.05) is 17.3 Å². The zero-order valence-corrected chi connectivity index (χ0v) is 21.7. The van der Waals surface area contributed by atoms with Gasteiger partial charge in [-0.05, 0) is 51.0 Å². The van der Waals surface area contributed by atoms with Crippen LogP contribution in [0.15, 0.2) is 47.5 Å². The third-order valence-electron chi connectivity index (χ3n) is 4.93. The molecular weight excluding hydrogens is 542 g/mol. The number of carbonyl (C=O) groups excluding carboxylic acids is 2. The molecule has 1 unspecified atom stereocenters. The van der Waals surface area contributed by atoms with Crippen LogP contribution in [0.2, 0.25) is 0 Å². The lowest BCUT2D eigenvalue weighted by Gasteiger charge is -2.19. The number of benzene rings is 1. The molecule has 0 fully saturated rings. The van der Waals surface area contributed by atoms with E-state index in [4.69, 9.17) is 4.74 Å². The maximum Gasteiger partial charge on any atom is 0.573 e. The molecular formula is C24H27F4N7O5. The first-order valence-electron chi connectivity index (χ1n) is 11.9. The van der Waals surface area contributed by atoms with E-state index in [0.29, 0.717) is 5.56 Å². The van der Waals surface area contributed by atoms with Crippen molar-refractivity contribution >= 4 is 17.8 Å². The number of aromatic nitrogens is 5. The standard InChI is InChI=1S/C24H27F4N7O5/c1-23(2,3)40-22(38)31-19-8-10-34(21(37)30-19)9-7-16(25)13-35-14-18(32-33-35)20(36)29-12-15-5-4-6-17(11-15)39-24(26,27)28/h4-6,8,10-11,14,16H,7,9,12-13H2,1-3H3,(H,29,36)(H,30,31,37,38). The van der Waals surface area contributed by atoms with Crippen molar-refractivity contribution in [2.75, 3.05) is 5.32 Å². The molecule has 3 rings (SSSR count). The number of rotatable bonds is 10. The van der Waals surface area contributed by atoms with Crippen molar-refractivity contribution in [1.29, 1.82) is 0 Å². The third-order valence-corrected chi connectivity index (χ3v) is 4.93. The molecule has 12 nitrogen and oxygen atoms in total. The van der Waals surface area contributed by atoms with Crippen molar-refractivity contribution in [3.05, 3.63) is 64.5 Å². The van der Waals surface area contributed by atoms with E-state index < -0.39 is 41.6 Å². The topological polar surface area (TPSA) is 142 Å². The molecule has 3 aromatic rings. The van der Waals surface area contributed by atoms with E-state index in [1.807, 2.05) is 0 Å². The molecule has 1 aromatic carbocycles. The number of aryl methyl sites for hydroxylation is 1. The first-order chi connectivity index (χ1) is 18.7. The van der Waals surface area contributed by atoms with Crippen LogP contribution >= 0.6 is 0 Å². The lowest BCUT2D eigenvalue weighted by Crippen LogP contribution is -2.29. The second-order valence-electron chi connectivity index (χ2n) is 9.51. The van der Waals surface area contributed by atoms with E-state index in [1.54, 1.807) is 20.8 Å². The van der Waals surface area contributed by atoms with Gasteiger partial charge in [-0.2, -0.15) is 4.98 Å². The number of ether oxygens (including phenoxy) is 2. The number of alkyl halides is 4. The maximum absolute atomic E-state index is 14.6. The van der Waals surface area contributed by atoms with E-state index in [2.05, 4.69) is 30.7 Å². The van der Waals surface area contributed by atoms with Gasteiger partial charge in [0, 0.05) is 19.3 Å². The summed E-state index contributed by atoms with van der Waals surface area (Å²) < 4.78 is 62.9. The molecule has 0 saturated heterocycles. The zero-order chi connectivity index (χ0) is 29.5. The van der Waals surface area contributed by atoms with Crippen molar-refractivity contribution in [2.24, 2.45) is 0 Å². The summed E-state index contributed by atoms with van der Waals surface area (Å²) in [7, 11) is 0. The monoisotopic (exact) mass is 569 g/mol. The summed E-state index contributed by atoms with van der Waals surface area (Å²) in [6.45, 7) is 4.68. The summed E-state index contributed by atoms with van der Waals surface area (Å²) in [6.07, 6.45) is -4.58. The first-order valence-corrected chi connectivity index (χ1v) is 11.9. The van der Waals surface area contributed by atoms with Gasteiger partial charge in [-0.3, -0.25) is 14.7 Å². The number of hydrogen-bond acceptors (Lipinski definition) is 8. The van der Waals surface area contributed by atoms with Gasteiger partial charge in [0.05, 0.1) is 12.7 Å². The second kappa shape index (κ2) is 12.6. The van der Waals surface area contributed by atoms with Crippen LogP contribution < -0.4 is 21.1 Å². The smallest absolute Gasteiger partial charge is 0.444 e. The van der Waals surface area contributed by atoms with Gasteiger partial charge in [0.25, 0.3) is 5.91 Å². The summed E-state index contributed by atoms with van der Waals surface area (Å²) in [5.74, 6) is -1.10. The Morgan fingerprint density at radius 3 is 2.58 bits per heavy atom. The van der Waals surface area contributed by atoms with Crippen LogP contribution in [0.25, 0.3) is 0 Å². The molecule has 0 bridgehead atoms. The second-order valence-corrected chi connectivity index (χ2v) is 9.51. The van der Waals surface area contributed by atoms with Crippen molar-refractivity contribution in [3.8, 4) is 5.75 Å². The van der Waals surface area contributed by atoms with Gasteiger partial charge in [-0.25, -0.2) is 18.7 Å². The van der Waals surface area contributed by atoms with Gasteiger partial charge in [-0.15, -0.1) is 18.3 Å². The van der Waals surface area contributed by atoms with Gasteiger partial charge >= 0.3 is 18.1 Å². The molecule has 0 saturated carbocycles. The Balaban J connectivity index is 1.47. The number of nitrogens with one attached hydrogen (secondary N) is 2. The summed E-state index contributed by atoms with van der Waals surface area (Å²) >= 11 is 0. The molecule has 0 radical (unpaired) electrons. The third kappa shape index (κ3) is 9.99. The van der Waals surface area contributed by atoms with Gasteiger partial charge in [0.1, 0.15) is 23.3 Å². The zero-order valence-electron chi connectivity index (χ0n) is 21.7. The lowest BCUT2D eigenvalue weighted by molar-refractivity contribution is -0.274. The number of carbonyl (C=O) groups is 2. The van der Waals surface area contributed by atoms with Crippen LogP contribution in [-0.4, -0.2) is 54.7 Å². The molecule has 2 aromatic heterocycles. The summed E-state index contributed by atoms with van der Waals surface area (Å²) in [5, 5.41) is 12.2. The molecule has 16 heteroatoms. The first kappa shape index (κ1) is 30.0. The van der Waals surface area contributed by atoms with Gasteiger partial charge < -0.3 is 14.8 Å². The minimum Gasteiger partial charge on any atom is -0.444 e. The van der Waals surface area contributed by atoms with Crippen molar-refractivity contribution in [2.45, 2.75) is 65.0 Å². The average molecular weight is 570 g/mol. The SMILES string of the molecule is CC(C)(C)OC(=O)Nc1ccn(CCC(F)Cn2cc(C(=O)NCc3cccc(OC(F)(F)F)c3)nn2)c(=O)n1. The number of nitrogens with zero attached hydrogens (tertiary/aromatic N) is 5. The molecule has 1 atom stereocenters. The van der Waals surface area contributed by atoms with Crippen molar-refractivity contribution in [1.82, 2.24) is 29.9 Å². The number of amides is 2. The van der Waals surface area contributed by atoms with Crippen LogP contribution in [0, 0.1) is 0 Å². The van der Waals surface area contributed by atoms with E-state index in [1.165, 1.54) is 35.2 Å². The highest BCUT2D eigenvalue weighted by molar-refractivity contribution is 5.91. The van der Waals surface area contributed by atoms with Crippen molar-refractivity contribution in [3.63, 3.8) is 0 Å².